The Kier molecular flexibility index (Phi) is 10.1. The molecule has 1 heterocycles. The number of halogens is 1. The molecule has 0 amide bonds. The Morgan fingerprint density at radius 1 is 1.00 bits per heavy atom. The number of carboxylic acid groups (broad SMARTS) is 1. The molecule has 1 aliphatic rings. The van der Waals surface area contributed by atoms with Crippen molar-refractivity contribution >= 4 is 18.4 Å². The molecular formula is C28H32ClNO5. The second-order valence-electron chi connectivity index (χ2n) is 8.52. The van der Waals surface area contributed by atoms with E-state index in [0.29, 0.717) is 25.5 Å². The molecule has 186 valence electrons. The predicted octanol–water partition coefficient (Wildman–Crippen LogP) is 4.90. The summed E-state index contributed by atoms with van der Waals surface area (Å²) in [5, 5.41) is 23.1. The number of benzene rings is 3. The van der Waals surface area contributed by atoms with Crippen molar-refractivity contribution in [1.29, 1.82) is 0 Å². The number of nitrogens with one attached hydrogen (secondary N) is 1. The van der Waals surface area contributed by atoms with Crippen molar-refractivity contribution < 1.29 is 24.5 Å². The molecule has 0 aliphatic carbocycles. The van der Waals surface area contributed by atoms with Crippen molar-refractivity contribution in [2.24, 2.45) is 0 Å². The van der Waals surface area contributed by atoms with Crippen molar-refractivity contribution in [3.05, 3.63) is 89.5 Å². The fraction of sp³-hybridized carbons (Fsp3) is 0.321. The average molecular weight is 498 g/mol. The molecule has 1 atom stereocenters. The minimum absolute atomic E-state index is 0. The van der Waals surface area contributed by atoms with Crippen LogP contribution in [0.3, 0.4) is 0 Å². The number of rotatable bonds is 10. The molecule has 0 unspecified atom stereocenters. The maximum atomic E-state index is 11.7. The van der Waals surface area contributed by atoms with Crippen molar-refractivity contribution in [3.63, 3.8) is 0 Å². The molecule has 0 radical (unpaired) electrons. The van der Waals surface area contributed by atoms with Gasteiger partial charge in [-0.25, -0.2) is 4.79 Å². The van der Waals surface area contributed by atoms with E-state index in [0.717, 1.165) is 42.5 Å². The summed E-state index contributed by atoms with van der Waals surface area (Å²) in [5.41, 5.74) is 4.20. The zero-order valence-electron chi connectivity index (χ0n) is 19.6. The van der Waals surface area contributed by atoms with E-state index in [9.17, 15) is 15.0 Å². The topological polar surface area (TPSA) is 88.0 Å². The highest BCUT2D eigenvalue weighted by molar-refractivity contribution is 5.92. The van der Waals surface area contributed by atoms with E-state index in [-0.39, 0.29) is 24.1 Å². The molecular weight excluding hydrogens is 466 g/mol. The summed E-state index contributed by atoms with van der Waals surface area (Å²) >= 11 is 0. The van der Waals surface area contributed by atoms with Gasteiger partial charge in [0.05, 0.1) is 19.3 Å². The van der Waals surface area contributed by atoms with Gasteiger partial charge in [-0.15, -0.1) is 12.4 Å². The van der Waals surface area contributed by atoms with Crippen molar-refractivity contribution in [3.8, 4) is 16.9 Å². The largest absolute Gasteiger partial charge is 0.489 e. The van der Waals surface area contributed by atoms with E-state index in [4.69, 9.17) is 9.47 Å². The number of hydrogen-bond donors (Lipinski definition) is 3. The van der Waals surface area contributed by atoms with Crippen molar-refractivity contribution in [2.75, 3.05) is 26.3 Å². The van der Waals surface area contributed by atoms with Crippen LogP contribution in [0.2, 0.25) is 0 Å². The van der Waals surface area contributed by atoms with E-state index in [2.05, 4.69) is 17.4 Å². The van der Waals surface area contributed by atoms with Crippen LogP contribution < -0.4 is 10.1 Å². The molecule has 3 aromatic rings. The summed E-state index contributed by atoms with van der Waals surface area (Å²) in [7, 11) is 0. The number of aromatic carboxylic acids is 1. The number of aliphatic hydroxyl groups is 1. The minimum Gasteiger partial charge on any atom is -0.489 e. The molecule has 4 rings (SSSR count). The number of hydrogen-bond acceptors (Lipinski definition) is 5. The van der Waals surface area contributed by atoms with Gasteiger partial charge < -0.3 is 25.0 Å². The fourth-order valence-corrected chi connectivity index (χ4v) is 4.08. The Labute approximate surface area is 212 Å². The van der Waals surface area contributed by atoms with E-state index in [1.807, 2.05) is 54.6 Å². The molecule has 6 nitrogen and oxygen atoms in total. The molecule has 0 bridgehead atoms. The fourth-order valence-electron chi connectivity index (χ4n) is 4.08. The molecule has 0 aromatic heterocycles. The molecule has 1 saturated heterocycles. The van der Waals surface area contributed by atoms with Gasteiger partial charge in [-0.1, -0.05) is 60.7 Å². The van der Waals surface area contributed by atoms with Crippen LogP contribution in [0.25, 0.3) is 11.1 Å². The first-order chi connectivity index (χ1) is 16.6. The Hall–Kier alpha value is -2.90. The normalized spacial score (nSPS) is 14.7. The summed E-state index contributed by atoms with van der Waals surface area (Å²) < 4.78 is 11.4. The highest BCUT2D eigenvalue weighted by atomic mass is 35.5. The van der Waals surface area contributed by atoms with Crippen LogP contribution in [0.5, 0.6) is 5.75 Å². The van der Waals surface area contributed by atoms with Gasteiger partial charge in [0.15, 0.2) is 0 Å². The van der Waals surface area contributed by atoms with Crippen molar-refractivity contribution in [1.82, 2.24) is 5.32 Å². The van der Waals surface area contributed by atoms with Crippen LogP contribution >= 0.6 is 12.4 Å². The quantitative estimate of drug-likeness (QED) is 0.345. The molecule has 7 heteroatoms. The second-order valence-corrected chi connectivity index (χ2v) is 8.52. The minimum atomic E-state index is -0.992. The van der Waals surface area contributed by atoms with Gasteiger partial charge >= 0.3 is 5.97 Å². The zero-order valence-corrected chi connectivity index (χ0v) is 20.4. The van der Waals surface area contributed by atoms with E-state index in [1.165, 1.54) is 5.56 Å². The summed E-state index contributed by atoms with van der Waals surface area (Å²) in [6.45, 7) is 2.54. The van der Waals surface area contributed by atoms with Gasteiger partial charge in [-0.05, 0) is 47.4 Å². The maximum absolute atomic E-state index is 11.7. The van der Waals surface area contributed by atoms with Gasteiger partial charge in [0, 0.05) is 19.4 Å². The van der Waals surface area contributed by atoms with Crippen LogP contribution in [0.4, 0.5) is 0 Å². The number of aliphatic hydroxyl groups excluding tert-OH is 1. The molecule has 0 saturated carbocycles. The Bertz CT molecular complexity index is 1070. The Balaban J connectivity index is 0.00000342. The van der Waals surface area contributed by atoms with E-state index in [1.54, 1.807) is 6.07 Å². The predicted molar refractivity (Wildman–Crippen MR) is 139 cm³/mol. The Morgan fingerprint density at radius 3 is 2.37 bits per heavy atom. The first kappa shape index (κ1) is 26.7. The Morgan fingerprint density at radius 2 is 1.69 bits per heavy atom. The summed E-state index contributed by atoms with van der Waals surface area (Å²) in [4.78, 5) is 11.7. The lowest BCUT2D eigenvalue weighted by Gasteiger charge is -2.24. The molecule has 1 fully saturated rings. The molecule has 0 spiro atoms. The lowest BCUT2D eigenvalue weighted by Crippen LogP contribution is -2.26. The number of carboxylic acids is 1. The molecule has 35 heavy (non-hydrogen) atoms. The van der Waals surface area contributed by atoms with Crippen LogP contribution in [-0.2, 0) is 11.2 Å². The highest BCUT2D eigenvalue weighted by Crippen LogP contribution is 2.30. The maximum Gasteiger partial charge on any atom is 0.339 e. The SMILES string of the molecule is Cl.O=C(O)c1ccc(-c2ccc(CCNC[C@H](O)c3ccccc3)cc2)cc1OC1CCOCC1. The zero-order chi connectivity index (χ0) is 23.8. The first-order valence-corrected chi connectivity index (χ1v) is 11.7. The first-order valence-electron chi connectivity index (χ1n) is 11.7. The standard InChI is InChI=1S/C28H31NO5.ClH/c30-26(22-4-2-1-3-5-22)19-29-15-12-20-6-8-21(9-7-20)23-10-11-25(28(31)32)27(18-23)34-24-13-16-33-17-14-24;/h1-11,18,24,26,29-30H,12-17,19H2,(H,31,32);1H/t26-;/m0./s1. The lowest BCUT2D eigenvalue weighted by atomic mass is 10.0. The van der Waals surface area contributed by atoms with Gasteiger partial charge in [-0.3, -0.25) is 0 Å². The lowest BCUT2D eigenvalue weighted by molar-refractivity contribution is 0.0249. The van der Waals surface area contributed by atoms with Crippen LogP contribution in [-0.4, -0.2) is 48.6 Å². The second kappa shape index (κ2) is 13.3. The smallest absolute Gasteiger partial charge is 0.339 e. The molecule has 3 N–H and O–H groups in total. The summed E-state index contributed by atoms with van der Waals surface area (Å²) in [6.07, 6.45) is 1.81. The third-order valence-electron chi connectivity index (χ3n) is 6.07. The third kappa shape index (κ3) is 7.54. The van der Waals surface area contributed by atoms with Crippen LogP contribution in [0.15, 0.2) is 72.8 Å². The molecule has 3 aromatic carbocycles. The van der Waals surface area contributed by atoms with Gasteiger partial charge in [-0.2, -0.15) is 0 Å². The average Bonchev–Trinajstić information content (AvgIpc) is 2.88. The summed E-state index contributed by atoms with van der Waals surface area (Å²) in [6, 6.07) is 23.1. The monoisotopic (exact) mass is 497 g/mol. The van der Waals surface area contributed by atoms with E-state index < -0.39 is 12.1 Å². The third-order valence-corrected chi connectivity index (χ3v) is 6.07. The number of carbonyl (C=O) groups is 1. The highest BCUT2D eigenvalue weighted by Gasteiger charge is 2.20. The van der Waals surface area contributed by atoms with Gasteiger partial charge in [0.1, 0.15) is 17.4 Å². The van der Waals surface area contributed by atoms with Crippen LogP contribution in [0, 0.1) is 0 Å². The number of ether oxygens (including phenoxy) is 2. The summed E-state index contributed by atoms with van der Waals surface area (Å²) in [5.74, 6) is -0.587. The van der Waals surface area contributed by atoms with Crippen LogP contribution in [0.1, 0.15) is 40.4 Å². The van der Waals surface area contributed by atoms with Crippen molar-refractivity contribution in [2.45, 2.75) is 31.5 Å². The van der Waals surface area contributed by atoms with E-state index >= 15 is 0 Å². The molecule has 1 aliphatic heterocycles. The van der Waals surface area contributed by atoms with Gasteiger partial charge in [0.2, 0.25) is 0 Å². The van der Waals surface area contributed by atoms with Gasteiger partial charge in [0.25, 0.3) is 0 Å².